The van der Waals surface area contributed by atoms with E-state index >= 15 is 0 Å². The summed E-state index contributed by atoms with van der Waals surface area (Å²) in [5.41, 5.74) is 0. The van der Waals surface area contributed by atoms with Gasteiger partial charge in [-0.1, -0.05) is 0 Å². The molecule has 0 aromatic carbocycles. The lowest BCUT2D eigenvalue weighted by Gasteiger charge is -2.28. The molecule has 0 atom stereocenters. The second-order valence-corrected chi connectivity index (χ2v) is 2.50. The summed E-state index contributed by atoms with van der Waals surface area (Å²) in [6.07, 6.45) is 0. The van der Waals surface area contributed by atoms with Crippen molar-refractivity contribution in [2.75, 3.05) is 6.61 Å². The van der Waals surface area contributed by atoms with Gasteiger partial charge in [-0.2, -0.15) is 0 Å². The van der Waals surface area contributed by atoms with Gasteiger partial charge in [0.15, 0.2) is 0 Å². The van der Waals surface area contributed by atoms with Gasteiger partial charge < -0.3 is 9.47 Å². The molecular formula is C6H8O4. The highest BCUT2D eigenvalue weighted by Crippen LogP contribution is 2.15. The van der Waals surface area contributed by atoms with Gasteiger partial charge in [-0.25, -0.2) is 4.79 Å². The molecule has 0 bridgehead atoms. The second kappa shape index (κ2) is 2.05. The van der Waals surface area contributed by atoms with Crippen LogP contribution in [-0.2, 0) is 19.1 Å². The van der Waals surface area contributed by atoms with Crippen LogP contribution < -0.4 is 0 Å². The normalized spacial score (nSPS) is 24.2. The topological polar surface area (TPSA) is 52.6 Å². The molecular weight excluding hydrogens is 136 g/mol. The van der Waals surface area contributed by atoms with E-state index in [0.29, 0.717) is 0 Å². The highest BCUT2D eigenvalue weighted by Gasteiger charge is 2.34. The molecule has 0 amide bonds. The molecule has 4 nitrogen and oxygen atoms in total. The van der Waals surface area contributed by atoms with Gasteiger partial charge in [0.2, 0.25) is 5.79 Å². The molecule has 10 heavy (non-hydrogen) atoms. The zero-order chi connectivity index (χ0) is 7.78. The maximum atomic E-state index is 10.6. The first kappa shape index (κ1) is 7.21. The first-order valence-corrected chi connectivity index (χ1v) is 2.91. The lowest BCUT2D eigenvalue weighted by molar-refractivity contribution is -0.231. The Hall–Kier alpha value is -0.900. The summed E-state index contributed by atoms with van der Waals surface area (Å²) in [7, 11) is 0. The van der Waals surface area contributed by atoms with Gasteiger partial charge >= 0.3 is 5.97 Å². The van der Waals surface area contributed by atoms with E-state index < -0.39 is 17.5 Å². The molecule has 0 N–H and O–H groups in total. The molecule has 0 aromatic rings. The van der Waals surface area contributed by atoms with Crippen LogP contribution in [0.15, 0.2) is 0 Å². The van der Waals surface area contributed by atoms with Crippen molar-refractivity contribution in [2.45, 2.75) is 19.6 Å². The molecule has 0 radical (unpaired) electrons. The fourth-order valence-corrected chi connectivity index (χ4v) is 0.608. The molecule has 56 valence electrons. The van der Waals surface area contributed by atoms with Gasteiger partial charge in [-0.05, 0) is 0 Å². The van der Waals surface area contributed by atoms with Crippen molar-refractivity contribution in [1.29, 1.82) is 0 Å². The monoisotopic (exact) mass is 144 g/mol. The number of ketones is 1. The van der Waals surface area contributed by atoms with Crippen molar-refractivity contribution in [3.8, 4) is 0 Å². The van der Waals surface area contributed by atoms with E-state index in [0.717, 1.165) is 0 Å². The molecule has 1 fully saturated rings. The van der Waals surface area contributed by atoms with Gasteiger partial charge in [0.05, 0.1) is 0 Å². The summed E-state index contributed by atoms with van der Waals surface area (Å²) < 4.78 is 9.43. The van der Waals surface area contributed by atoms with Gasteiger partial charge in [0.25, 0.3) is 5.78 Å². The Kier molecular flexibility index (Phi) is 1.48. The first-order chi connectivity index (χ1) is 4.51. The van der Waals surface area contributed by atoms with Gasteiger partial charge in [-0.15, -0.1) is 0 Å². The largest absolute Gasteiger partial charge is 0.428 e. The minimum absolute atomic E-state index is 0.175. The van der Waals surface area contributed by atoms with Crippen LogP contribution in [0.3, 0.4) is 0 Å². The van der Waals surface area contributed by atoms with E-state index in [-0.39, 0.29) is 6.61 Å². The van der Waals surface area contributed by atoms with Crippen LogP contribution in [0.25, 0.3) is 0 Å². The quantitative estimate of drug-likeness (QED) is 0.351. The Labute approximate surface area is 58.1 Å². The third-order valence-electron chi connectivity index (χ3n) is 1.12. The summed E-state index contributed by atoms with van der Waals surface area (Å²) >= 11 is 0. The first-order valence-electron chi connectivity index (χ1n) is 2.91. The van der Waals surface area contributed by atoms with Crippen LogP contribution in [0.2, 0.25) is 0 Å². The van der Waals surface area contributed by atoms with E-state index in [2.05, 4.69) is 4.74 Å². The number of cyclic esters (lactones) is 1. The van der Waals surface area contributed by atoms with Crippen molar-refractivity contribution < 1.29 is 19.1 Å². The minimum Gasteiger partial charge on any atom is -0.428 e. The summed E-state index contributed by atoms with van der Waals surface area (Å²) in [4.78, 5) is 21.0. The lowest BCUT2D eigenvalue weighted by Crippen LogP contribution is -2.43. The van der Waals surface area contributed by atoms with Crippen molar-refractivity contribution in [3.63, 3.8) is 0 Å². The van der Waals surface area contributed by atoms with Gasteiger partial charge in [0, 0.05) is 13.8 Å². The van der Waals surface area contributed by atoms with E-state index in [4.69, 9.17) is 4.74 Å². The van der Waals surface area contributed by atoms with Crippen LogP contribution in [0.1, 0.15) is 13.8 Å². The zero-order valence-electron chi connectivity index (χ0n) is 5.84. The van der Waals surface area contributed by atoms with Crippen molar-refractivity contribution >= 4 is 11.8 Å². The summed E-state index contributed by atoms with van der Waals surface area (Å²) in [6, 6.07) is 0. The van der Waals surface area contributed by atoms with E-state index in [1.165, 1.54) is 0 Å². The standard InChI is InChI=1S/C6H8O4/c1-6(2)9-3-4(7)5(8)10-6/h3H2,1-2H3. The summed E-state index contributed by atoms with van der Waals surface area (Å²) in [6.45, 7) is 2.99. The number of hydrogen-bond acceptors (Lipinski definition) is 4. The predicted molar refractivity (Wildman–Crippen MR) is 31.1 cm³/mol. The SMILES string of the molecule is CC1(C)OCC(=O)C(=O)O1. The molecule has 4 heteroatoms. The summed E-state index contributed by atoms with van der Waals surface area (Å²) in [5.74, 6) is -2.37. The number of esters is 1. The van der Waals surface area contributed by atoms with Crippen molar-refractivity contribution in [2.24, 2.45) is 0 Å². The van der Waals surface area contributed by atoms with Crippen LogP contribution in [-0.4, -0.2) is 24.1 Å². The second-order valence-electron chi connectivity index (χ2n) is 2.50. The Morgan fingerprint density at radius 1 is 1.40 bits per heavy atom. The van der Waals surface area contributed by atoms with Crippen LogP contribution in [0.4, 0.5) is 0 Å². The number of rotatable bonds is 0. The van der Waals surface area contributed by atoms with E-state index in [1.54, 1.807) is 13.8 Å². The maximum absolute atomic E-state index is 10.6. The highest BCUT2D eigenvalue weighted by molar-refractivity contribution is 6.34. The average Bonchev–Trinajstić information content (AvgIpc) is 1.79. The Balaban J connectivity index is 2.66. The molecule has 0 spiro atoms. The predicted octanol–water partition coefficient (Wildman–Crippen LogP) is -0.135. The zero-order valence-corrected chi connectivity index (χ0v) is 5.84. The lowest BCUT2D eigenvalue weighted by atomic mass is 10.3. The fourth-order valence-electron chi connectivity index (χ4n) is 0.608. The third-order valence-corrected chi connectivity index (χ3v) is 1.12. The Bertz CT molecular complexity index is 182. The van der Waals surface area contributed by atoms with E-state index in [9.17, 15) is 9.59 Å². The smallest absolute Gasteiger partial charge is 0.379 e. The number of carbonyl (C=O) groups is 2. The maximum Gasteiger partial charge on any atom is 0.379 e. The molecule has 1 saturated heterocycles. The highest BCUT2D eigenvalue weighted by atomic mass is 16.7. The molecule has 0 unspecified atom stereocenters. The molecule has 0 aliphatic carbocycles. The van der Waals surface area contributed by atoms with Crippen LogP contribution in [0, 0.1) is 0 Å². The average molecular weight is 144 g/mol. The number of ether oxygens (including phenoxy) is 2. The molecule has 0 saturated carbocycles. The Morgan fingerprint density at radius 2 is 2.00 bits per heavy atom. The number of hydrogen-bond donors (Lipinski definition) is 0. The van der Waals surface area contributed by atoms with Gasteiger partial charge in [0.1, 0.15) is 6.61 Å². The summed E-state index contributed by atoms with van der Waals surface area (Å²) in [5, 5.41) is 0. The van der Waals surface area contributed by atoms with Crippen molar-refractivity contribution in [1.82, 2.24) is 0 Å². The Morgan fingerprint density at radius 3 is 2.40 bits per heavy atom. The van der Waals surface area contributed by atoms with Crippen LogP contribution in [0.5, 0.6) is 0 Å². The third kappa shape index (κ3) is 1.33. The fraction of sp³-hybridized carbons (Fsp3) is 0.667. The van der Waals surface area contributed by atoms with Crippen LogP contribution >= 0.6 is 0 Å². The van der Waals surface area contributed by atoms with E-state index in [1.807, 2.05) is 0 Å². The molecule has 1 heterocycles. The van der Waals surface area contributed by atoms with Crippen molar-refractivity contribution in [3.05, 3.63) is 0 Å². The molecule has 1 aliphatic heterocycles. The molecule has 1 rings (SSSR count). The van der Waals surface area contributed by atoms with Gasteiger partial charge in [-0.3, -0.25) is 4.79 Å². The minimum atomic E-state index is -0.939. The number of Topliss-reactive ketones (excluding diaryl/α,β-unsaturated/α-hetero) is 1. The molecule has 0 aromatic heterocycles. The molecule has 1 aliphatic rings. The number of carbonyl (C=O) groups excluding carboxylic acids is 2.